The van der Waals surface area contributed by atoms with Gasteiger partial charge >= 0.3 is 16.2 Å². The average molecular weight is 707 g/mol. The highest BCUT2D eigenvalue weighted by molar-refractivity contribution is 7.86. The Morgan fingerprint density at radius 1 is 1.02 bits per heavy atom. The van der Waals surface area contributed by atoms with Crippen LogP contribution in [0.2, 0.25) is 5.02 Å². The van der Waals surface area contributed by atoms with Crippen molar-refractivity contribution in [3.8, 4) is 23.0 Å². The molecule has 49 heavy (non-hydrogen) atoms. The lowest BCUT2D eigenvalue weighted by Gasteiger charge is -2.34. The van der Waals surface area contributed by atoms with Crippen LogP contribution in [0.5, 0.6) is 11.8 Å². The van der Waals surface area contributed by atoms with Crippen LogP contribution in [0.4, 0.5) is 14.1 Å². The van der Waals surface area contributed by atoms with Crippen LogP contribution in [0.25, 0.3) is 32.9 Å². The molecule has 0 spiro atoms. The maximum atomic E-state index is 16.7. The summed E-state index contributed by atoms with van der Waals surface area (Å²) < 4.78 is 65.2. The van der Waals surface area contributed by atoms with E-state index in [2.05, 4.69) is 25.1 Å². The number of halogens is 3. The quantitative estimate of drug-likeness (QED) is 0.200. The maximum Gasteiger partial charge on any atom is 0.332 e. The van der Waals surface area contributed by atoms with Gasteiger partial charge in [-0.05, 0) is 43.5 Å². The van der Waals surface area contributed by atoms with Crippen molar-refractivity contribution in [1.82, 2.24) is 25.2 Å². The summed E-state index contributed by atoms with van der Waals surface area (Å²) in [7, 11) is -2.92. The van der Waals surface area contributed by atoms with E-state index in [0.29, 0.717) is 52.2 Å². The minimum absolute atomic E-state index is 0.0546. The van der Waals surface area contributed by atoms with Crippen LogP contribution in [-0.4, -0.2) is 85.8 Å². The molecule has 3 saturated heterocycles. The van der Waals surface area contributed by atoms with Gasteiger partial charge in [-0.15, -0.1) is 3.89 Å². The Hall–Kier alpha value is -4.17. The third kappa shape index (κ3) is 6.24. The highest BCUT2D eigenvalue weighted by atomic mass is 35.5. The Kier molecular flexibility index (Phi) is 8.25. The molecule has 14 heteroatoms. The van der Waals surface area contributed by atoms with E-state index in [9.17, 15) is 12.3 Å². The second kappa shape index (κ2) is 12.6. The number of ether oxygens (including phenoxy) is 2. The number of likely N-dealkylation sites (N-methyl/N-ethyl adjacent to an activating group) is 1. The number of likely N-dealkylation sites (tertiary alicyclic amines) is 1. The van der Waals surface area contributed by atoms with Gasteiger partial charge in [-0.1, -0.05) is 48.0 Å². The lowest BCUT2D eigenvalue weighted by atomic mass is 10.0. The van der Waals surface area contributed by atoms with E-state index >= 15 is 4.39 Å². The van der Waals surface area contributed by atoms with Gasteiger partial charge in [0.1, 0.15) is 40.4 Å². The minimum Gasteiger partial charge on any atom is -0.489 e. The number of rotatable bonds is 8. The molecule has 254 valence electrons. The molecule has 3 fully saturated rings. The van der Waals surface area contributed by atoms with Crippen molar-refractivity contribution >= 4 is 49.3 Å². The summed E-state index contributed by atoms with van der Waals surface area (Å²) in [5, 5.41) is 6.22. The van der Waals surface area contributed by atoms with Crippen molar-refractivity contribution in [3.05, 3.63) is 77.7 Å². The molecule has 1 N–H and O–H groups in total. The summed E-state index contributed by atoms with van der Waals surface area (Å²) in [6, 6.07) is 17.1. The maximum absolute atomic E-state index is 16.7. The third-order valence-electron chi connectivity index (χ3n) is 9.71. The molecule has 3 aliphatic rings. The summed E-state index contributed by atoms with van der Waals surface area (Å²) in [6.45, 7) is 2.18. The van der Waals surface area contributed by atoms with Gasteiger partial charge in [-0.2, -0.15) is 18.4 Å². The number of nitrogens with one attached hydrogen (secondary N) is 1. The van der Waals surface area contributed by atoms with Crippen molar-refractivity contribution < 1.29 is 26.2 Å². The molecule has 3 aromatic carbocycles. The number of anilines is 1. The van der Waals surface area contributed by atoms with Crippen molar-refractivity contribution in [2.75, 3.05) is 38.2 Å². The first kappa shape index (κ1) is 32.1. The van der Waals surface area contributed by atoms with Crippen LogP contribution in [0.1, 0.15) is 19.3 Å². The van der Waals surface area contributed by atoms with Crippen LogP contribution >= 0.6 is 11.6 Å². The summed E-state index contributed by atoms with van der Waals surface area (Å²) in [4.78, 5) is 17.8. The van der Waals surface area contributed by atoms with E-state index in [1.165, 1.54) is 18.2 Å². The first-order valence-electron chi connectivity index (χ1n) is 16.2. The highest BCUT2D eigenvalue weighted by Gasteiger charge is 2.35. The van der Waals surface area contributed by atoms with E-state index in [-0.39, 0.29) is 41.7 Å². The largest absolute Gasteiger partial charge is 0.489 e. The Morgan fingerprint density at radius 3 is 2.55 bits per heavy atom. The Labute approximate surface area is 287 Å². The van der Waals surface area contributed by atoms with Gasteiger partial charge in [0.2, 0.25) is 0 Å². The lowest BCUT2D eigenvalue weighted by Crippen LogP contribution is -2.51. The fraction of sp³-hybridized carbons (Fsp3) is 0.343. The first-order chi connectivity index (χ1) is 23.6. The molecule has 0 aliphatic carbocycles. The first-order valence-corrected chi connectivity index (χ1v) is 18.0. The number of piperazine rings is 1. The van der Waals surface area contributed by atoms with Gasteiger partial charge in [0.25, 0.3) is 0 Å². The second-order valence-electron chi connectivity index (χ2n) is 13.0. The van der Waals surface area contributed by atoms with E-state index < -0.39 is 20.9 Å². The zero-order valence-corrected chi connectivity index (χ0v) is 28.1. The molecule has 3 aliphatic heterocycles. The topological polar surface area (TPSA) is 110 Å². The zero-order valence-electron chi connectivity index (χ0n) is 26.5. The molecule has 2 aromatic heterocycles. The summed E-state index contributed by atoms with van der Waals surface area (Å²) in [5.74, 6) is 0.259. The minimum atomic E-state index is -4.85. The predicted octanol–water partition coefficient (Wildman–Crippen LogP) is 5.77. The highest BCUT2D eigenvalue weighted by Crippen LogP contribution is 2.38. The van der Waals surface area contributed by atoms with E-state index in [0.717, 1.165) is 31.3 Å². The second-order valence-corrected chi connectivity index (χ2v) is 14.7. The van der Waals surface area contributed by atoms with Crippen LogP contribution in [0.15, 0.2) is 71.8 Å². The number of benzene rings is 3. The smallest absolute Gasteiger partial charge is 0.332 e. The van der Waals surface area contributed by atoms with Crippen LogP contribution in [0.3, 0.4) is 0 Å². The Balaban J connectivity index is 1.10. The molecule has 2 unspecified atom stereocenters. The molecule has 8 rings (SSSR count). The number of aromatic nitrogens is 3. The number of hydrogen-bond donors (Lipinski definition) is 1. The van der Waals surface area contributed by atoms with Gasteiger partial charge in [0, 0.05) is 72.4 Å². The fourth-order valence-electron chi connectivity index (χ4n) is 7.35. The normalized spacial score (nSPS) is 22.7. The van der Waals surface area contributed by atoms with E-state index in [1.54, 1.807) is 24.4 Å². The SMILES string of the molecule is CN1C[C@H](Oc2cccc(S(=O)(=O)F)c2)C[C@H]1COc1nc(N2CC3CCC(C2)N3)c2cnc(-c3cccc4cccc(Cl)c34)c(F)c2n1. The molecule has 4 atom stereocenters. The standard InChI is InChI=1S/C35H33ClF2N6O4S/c1-43-18-25(48-24-7-4-8-26(14-24)49(38,45)46)13-23(43)19-47-35-41-33-28(34(42-35)44-16-21-11-12-22(17-44)40-21)15-39-32(31(33)37)27-9-2-5-20-6-3-10-29(36)30(20)27/h2-10,14-15,21-23,25,40H,11-13,16-19H2,1H3/t21?,22?,23-,25+/m0/s1. The Bertz CT molecular complexity index is 2180. The van der Waals surface area contributed by atoms with Crippen LogP contribution in [0, 0.1) is 5.82 Å². The Morgan fingerprint density at radius 2 is 1.78 bits per heavy atom. The molecule has 0 saturated carbocycles. The van der Waals surface area contributed by atoms with Crippen molar-refractivity contribution in [3.63, 3.8) is 0 Å². The van der Waals surface area contributed by atoms with Crippen LogP contribution in [-0.2, 0) is 10.2 Å². The van der Waals surface area contributed by atoms with Gasteiger partial charge in [0.15, 0.2) is 5.82 Å². The van der Waals surface area contributed by atoms with E-state index in [1.807, 2.05) is 31.3 Å². The number of hydrogen-bond acceptors (Lipinski definition) is 10. The van der Waals surface area contributed by atoms with E-state index in [4.69, 9.17) is 26.1 Å². The summed E-state index contributed by atoms with van der Waals surface area (Å²) in [6.07, 6.45) is 4.03. The predicted molar refractivity (Wildman–Crippen MR) is 183 cm³/mol. The third-order valence-corrected chi connectivity index (χ3v) is 10.8. The number of fused-ring (bicyclic) bond motifs is 4. The number of nitrogens with zero attached hydrogens (tertiary/aromatic N) is 5. The van der Waals surface area contributed by atoms with Gasteiger partial charge in [-0.25, -0.2) is 4.39 Å². The number of pyridine rings is 1. The summed E-state index contributed by atoms with van der Waals surface area (Å²) in [5.41, 5.74) is 0.824. The average Bonchev–Trinajstić information content (AvgIpc) is 3.61. The lowest BCUT2D eigenvalue weighted by molar-refractivity contribution is 0.188. The van der Waals surface area contributed by atoms with Crippen molar-refractivity contribution in [2.45, 2.75) is 48.4 Å². The van der Waals surface area contributed by atoms with Crippen molar-refractivity contribution in [2.24, 2.45) is 0 Å². The molecule has 2 bridgehead atoms. The molecule has 5 aromatic rings. The molecule has 0 radical (unpaired) electrons. The van der Waals surface area contributed by atoms with Gasteiger partial charge in [0.05, 0.1) is 5.39 Å². The van der Waals surface area contributed by atoms with Crippen molar-refractivity contribution in [1.29, 1.82) is 0 Å². The molecular formula is C35H33ClF2N6O4S. The molecule has 0 amide bonds. The fourth-order valence-corrected chi connectivity index (χ4v) is 8.13. The van der Waals surface area contributed by atoms with Crippen LogP contribution < -0.4 is 19.7 Å². The monoisotopic (exact) mass is 706 g/mol. The zero-order chi connectivity index (χ0) is 33.9. The molecule has 5 heterocycles. The molecule has 10 nitrogen and oxygen atoms in total. The molecular weight excluding hydrogens is 674 g/mol. The van der Waals surface area contributed by atoms with Gasteiger partial charge < -0.3 is 19.7 Å². The summed E-state index contributed by atoms with van der Waals surface area (Å²) >= 11 is 6.60. The van der Waals surface area contributed by atoms with Gasteiger partial charge in [-0.3, -0.25) is 9.88 Å².